The molecule has 0 amide bonds. The van der Waals surface area contributed by atoms with Crippen molar-refractivity contribution in [2.45, 2.75) is 12.3 Å². The number of rotatable bonds is 3. The Morgan fingerprint density at radius 2 is 1.66 bits per heavy atom. The van der Waals surface area contributed by atoms with E-state index in [1.807, 2.05) is 54.6 Å². The number of para-hydroxylation sites is 1. The molecule has 1 aliphatic carbocycles. The molecule has 0 bridgehead atoms. The van der Waals surface area contributed by atoms with Crippen molar-refractivity contribution in [3.8, 4) is 22.8 Å². The highest BCUT2D eigenvalue weighted by molar-refractivity contribution is 9.10. The maximum absolute atomic E-state index is 6.17. The van der Waals surface area contributed by atoms with Crippen LogP contribution in [0.2, 0.25) is 0 Å². The third-order valence-corrected chi connectivity index (χ3v) is 6.34. The summed E-state index contributed by atoms with van der Waals surface area (Å²) in [6.45, 7) is 0. The molecule has 2 aromatic heterocycles. The van der Waals surface area contributed by atoms with Gasteiger partial charge in [-0.1, -0.05) is 78.9 Å². The highest BCUT2D eigenvalue weighted by Gasteiger charge is 2.20. The zero-order valence-corrected chi connectivity index (χ0v) is 18.7. The second kappa shape index (κ2) is 7.84. The van der Waals surface area contributed by atoms with Crippen LogP contribution in [-0.4, -0.2) is 15.0 Å². The predicted molar refractivity (Wildman–Crippen MR) is 131 cm³/mol. The van der Waals surface area contributed by atoms with Crippen LogP contribution in [0.4, 0.5) is 0 Å². The first-order chi connectivity index (χ1) is 15.8. The molecule has 32 heavy (non-hydrogen) atoms. The SMILES string of the molecule is Brc1cccc2c1oc1cccc(-c3nc(-c4ccccc4)nc(C4C=CC=CC4)n3)c12. The minimum atomic E-state index is 0.124. The molecule has 0 radical (unpaired) electrons. The summed E-state index contributed by atoms with van der Waals surface area (Å²) in [5.74, 6) is 2.24. The molecule has 5 heteroatoms. The van der Waals surface area contributed by atoms with Crippen molar-refractivity contribution in [1.82, 2.24) is 15.0 Å². The van der Waals surface area contributed by atoms with Crippen molar-refractivity contribution in [3.63, 3.8) is 0 Å². The second-order valence-electron chi connectivity index (χ2n) is 7.76. The Labute approximate surface area is 193 Å². The third kappa shape index (κ3) is 3.26. The third-order valence-electron chi connectivity index (χ3n) is 5.71. The van der Waals surface area contributed by atoms with Gasteiger partial charge in [-0.2, -0.15) is 0 Å². The molecule has 0 spiro atoms. The van der Waals surface area contributed by atoms with Crippen molar-refractivity contribution >= 4 is 37.9 Å². The Morgan fingerprint density at radius 3 is 2.50 bits per heavy atom. The van der Waals surface area contributed by atoms with E-state index < -0.39 is 0 Å². The van der Waals surface area contributed by atoms with E-state index >= 15 is 0 Å². The van der Waals surface area contributed by atoms with E-state index in [1.165, 1.54) is 0 Å². The highest BCUT2D eigenvalue weighted by Crippen LogP contribution is 2.38. The zero-order valence-electron chi connectivity index (χ0n) is 17.1. The average molecular weight is 480 g/mol. The number of allylic oxidation sites excluding steroid dienone is 4. The van der Waals surface area contributed by atoms with E-state index in [0.717, 1.165) is 49.8 Å². The quantitative estimate of drug-likeness (QED) is 0.269. The minimum Gasteiger partial charge on any atom is -0.455 e. The lowest BCUT2D eigenvalue weighted by Gasteiger charge is -2.14. The Hall–Kier alpha value is -3.57. The standard InChI is InChI=1S/C27H18BrN3O/c28-21-15-7-13-19-23-20(14-8-16-22(23)32-24(19)21)27-30-25(17-9-3-1-4-10-17)29-26(31-27)18-11-5-2-6-12-18/h1-11,13-16,18H,12H2. The van der Waals surface area contributed by atoms with Crippen molar-refractivity contribution in [2.75, 3.05) is 0 Å². The molecule has 0 fully saturated rings. The van der Waals surface area contributed by atoms with Gasteiger partial charge in [-0.25, -0.2) is 15.0 Å². The summed E-state index contributed by atoms with van der Waals surface area (Å²) in [6.07, 6.45) is 9.30. The number of hydrogen-bond donors (Lipinski definition) is 0. The highest BCUT2D eigenvalue weighted by atomic mass is 79.9. The topological polar surface area (TPSA) is 51.8 Å². The number of furan rings is 1. The van der Waals surface area contributed by atoms with Crippen LogP contribution in [0.15, 0.2) is 99.9 Å². The van der Waals surface area contributed by atoms with Gasteiger partial charge in [0, 0.05) is 27.8 Å². The number of nitrogens with zero attached hydrogens (tertiary/aromatic N) is 3. The summed E-state index contributed by atoms with van der Waals surface area (Å²) in [5.41, 5.74) is 3.55. The summed E-state index contributed by atoms with van der Waals surface area (Å²) in [4.78, 5) is 14.7. The van der Waals surface area contributed by atoms with Gasteiger partial charge in [-0.05, 0) is 34.5 Å². The smallest absolute Gasteiger partial charge is 0.164 e. The Bertz CT molecular complexity index is 1520. The van der Waals surface area contributed by atoms with Crippen molar-refractivity contribution in [3.05, 3.63) is 101 Å². The van der Waals surface area contributed by atoms with Crippen LogP contribution in [0.25, 0.3) is 44.7 Å². The summed E-state index contributed by atoms with van der Waals surface area (Å²) < 4.78 is 7.10. The van der Waals surface area contributed by atoms with E-state index in [0.29, 0.717) is 11.6 Å². The van der Waals surface area contributed by atoms with Gasteiger partial charge in [-0.3, -0.25) is 0 Å². The molecular weight excluding hydrogens is 462 g/mol. The van der Waals surface area contributed by atoms with Crippen LogP contribution < -0.4 is 0 Å². The molecule has 3 aromatic carbocycles. The first-order valence-electron chi connectivity index (χ1n) is 10.5. The van der Waals surface area contributed by atoms with Crippen LogP contribution in [0.5, 0.6) is 0 Å². The van der Waals surface area contributed by atoms with Crippen LogP contribution in [0.3, 0.4) is 0 Å². The molecule has 2 heterocycles. The number of benzene rings is 3. The van der Waals surface area contributed by atoms with Gasteiger partial charge in [-0.15, -0.1) is 0 Å². The van der Waals surface area contributed by atoms with Crippen LogP contribution in [0, 0.1) is 0 Å². The van der Waals surface area contributed by atoms with Crippen LogP contribution in [-0.2, 0) is 0 Å². The summed E-state index contributed by atoms with van der Waals surface area (Å²) >= 11 is 3.61. The summed E-state index contributed by atoms with van der Waals surface area (Å²) in [6, 6.07) is 22.2. The second-order valence-corrected chi connectivity index (χ2v) is 8.61. The summed E-state index contributed by atoms with van der Waals surface area (Å²) in [7, 11) is 0. The van der Waals surface area contributed by atoms with Crippen molar-refractivity contribution in [1.29, 1.82) is 0 Å². The largest absolute Gasteiger partial charge is 0.455 e. The number of halogens is 1. The van der Waals surface area contributed by atoms with Gasteiger partial charge in [0.05, 0.1) is 4.47 Å². The van der Waals surface area contributed by atoms with Crippen molar-refractivity contribution < 1.29 is 4.42 Å². The maximum Gasteiger partial charge on any atom is 0.164 e. The van der Waals surface area contributed by atoms with Crippen LogP contribution >= 0.6 is 15.9 Å². The first-order valence-corrected chi connectivity index (χ1v) is 11.3. The van der Waals surface area contributed by atoms with E-state index in [1.54, 1.807) is 0 Å². The first kappa shape index (κ1) is 19.1. The van der Waals surface area contributed by atoms with E-state index in [-0.39, 0.29) is 5.92 Å². The summed E-state index contributed by atoms with van der Waals surface area (Å²) in [5, 5.41) is 2.05. The molecule has 1 unspecified atom stereocenters. The van der Waals surface area contributed by atoms with Gasteiger partial charge in [0.1, 0.15) is 17.0 Å². The Balaban J connectivity index is 1.62. The lowest BCUT2D eigenvalue weighted by molar-refractivity contribution is 0.667. The lowest BCUT2D eigenvalue weighted by Crippen LogP contribution is -2.07. The van der Waals surface area contributed by atoms with Gasteiger partial charge >= 0.3 is 0 Å². The molecule has 1 atom stereocenters. The monoisotopic (exact) mass is 479 g/mol. The molecule has 1 aliphatic rings. The fourth-order valence-electron chi connectivity index (χ4n) is 4.17. The predicted octanol–water partition coefficient (Wildman–Crippen LogP) is 7.47. The number of fused-ring (bicyclic) bond motifs is 3. The Kier molecular flexibility index (Phi) is 4.69. The lowest BCUT2D eigenvalue weighted by atomic mass is 9.99. The molecular formula is C27H18BrN3O. The average Bonchev–Trinajstić information content (AvgIpc) is 3.25. The van der Waals surface area contributed by atoms with E-state index in [9.17, 15) is 0 Å². The van der Waals surface area contributed by atoms with Gasteiger partial charge in [0.25, 0.3) is 0 Å². The van der Waals surface area contributed by atoms with E-state index in [2.05, 4.69) is 52.4 Å². The van der Waals surface area contributed by atoms with Gasteiger partial charge < -0.3 is 4.42 Å². The van der Waals surface area contributed by atoms with Gasteiger partial charge in [0.15, 0.2) is 11.6 Å². The molecule has 4 nitrogen and oxygen atoms in total. The van der Waals surface area contributed by atoms with Gasteiger partial charge in [0.2, 0.25) is 0 Å². The molecule has 6 rings (SSSR count). The molecule has 0 N–H and O–H groups in total. The number of hydrogen-bond acceptors (Lipinski definition) is 4. The molecule has 5 aromatic rings. The normalized spacial score (nSPS) is 15.6. The maximum atomic E-state index is 6.17. The van der Waals surface area contributed by atoms with Crippen LogP contribution in [0.1, 0.15) is 18.2 Å². The number of aromatic nitrogens is 3. The molecule has 0 saturated carbocycles. The molecule has 0 aliphatic heterocycles. The zero-order chi connectivity index (χ0) is 21.5. The minimum absolute atomic E-state index is 0.124. The molecule has 154 valence electrons. The molecule has 0 saturated heterocycles. The van der Waals surface area contributed by atoms with Crippen molar-refractivity contribution in [2.24, 2.45) is 0 Å². The fourth-order valence-corrected chi connectivity index (χ4v) is 4.61. The Morgan fingerprint density at radius 1 is 0.812 bits per heavy atom. The van der Waals surface area contributed by atoms with E-state index in [4.69, 9.17) is 19.4 Å². The fraction of sp³-hybridized carbons (Fsp3) is 0.0741.